The average Bonchev–Trinajstić information content (AvgIpc) is 2.84. The maximum absolute atomic E-state index is 12.5. The maximum Gasteiger partial charge on any atom is 0.343 e. The third kappa shape index (κ3) is 5.50. The van der Waals surface area contributed by atoms with Gasteiger partial charge in [-0.25, -0.2) is 9.59 Å². The van der Waals surface area contributed by atoms with Gasteiger partial charge >= 0.3 is 11.9 Å². The number of esters is 2. The molecule has 168 valence electrons. The van der Waals surface area contributed by atoms with Crippen molar-refractivity contribution >= 4 is 29.2 Å². The van der Waals surface area contributed by atoms with Crippen LogP contribution < -0.4 is 14.8 Å². The van der Waals surface area contributed by atoms with Crippen molar-refractivity contribution in [2.24, 2.45) is 0 Å². The molecule has 0 unspecified atom stereocenters. The molecule has 0 saturated carbocycles. The number of hydrogen-bond acceptors (Lipinski definition) is 8. The van der Waals surface area contributed by atoms with E-state index in [1.54, 1.807) is 24.3 Å². The zero-order chi connectivity index (χ0) is 24.0. The van der Waals surface area contributed by atoms with E-state index < -0.39 is 22.5 Å². The Bertz CT molecular complexity index is 1220. The van der Waals surface area contributed by atoms with E-state index in [-0.39, 0.29) is 22.8 Å². The van der Waals surface area contributed by atoms with Crippen LogP contribution in [-0.2, 0) is 4.74 Å². The Balaban J connectivity index is 1.74. The molecule has 0 aliphatic heterocycles. The van der Waals surface area contributed by atoms with Gasteiger partial charge in [-0.15, -0.1) is 0 Å². The lowest BCUT2D eigenvalue weighted by Crippen LogP contribution is -2.13. The molecular formula is C23H18N2O8. The Hall–Kier alpha value is -4.73. The lowest BCUT2D eigenvalue weighted by Gasteiger charge is -2.10. The van der Waals surface area contributed by atoms with Gasteiger partial charge in [-0.2, -0.15) is 0 Å². The van der Waals surface area contributed by atoms with Crippen molar-refractivity contribution < 1.29 is 33.5 Å². The number of nitro groups is 1. The molecular weight excluding hydrogens is 432 g/mol. The van der Waals surface area contributed by atoms with Gasteiger partial charge in [0.15, 0.2) is 0 Å². The number of nitrogens with one attached hydrogen (secondary N) is 1. The number of hydrogen-bond donors (Lipinski definition) is 1. The van der Waals surface area contributed by atoms with E-state index in [2.05, 4.69) is 10.1 Å². The third-order valence-electron chi connectivity index (χ3n) is 4.46. The molecule has 0 saturated heterocycles. The summed E-state index contributed by atoms with van der Waals surface area (Å²) in [5, 5.41) is 13.8. The summed E-state index contributed by atoms with van der Waals surface area (Å²) < 4.78 is 15.0. The van der Waals surface area contributed by atoms with Crippen LogP contribution >= 0.6 is 0 Å². The van der Waals surface area contributed by atoms with Crippen LogP contribution in [0.4, 0.5) is 11.4 Å². The van der Waals surface area contributed by atoms with E-state index in [0.29, 0.717) is 17.0 Å². The Morgan fingerprint density at radius 1 is 0.879 bits per heavy atom. The summed E-state index contributed by atoms with van der Waals surface area (Å²) in [6, 6.07) is 15.8. The molecule has 3 rings (SSSR count). The molecule has 0 aromatic heterocycles. The molecule has 0 aliphatic carbocycles. The zero-order valence-corrected chi connectivity index (χ0v) is 17.6. The minimum Gasteiger partial charge on any atom is -0.496 e. The number of ether oxygens (including phenoxy) is 3. The van der Waals surface area contributed by atoms with Crippen LogP contribution in [0, 0.1) is 10.1 Å². The molecule has 0 aliphatic rings. The molecule has 0 spiro atoms. The number of nitrogens with zero attached hydrogens (tertiary/aromatic N) is 1. The van der Waals surface area contributed by atoms with Gasteiger partial charge in [0.05, 0.1) is 35.8 Å². The zero-order valence-electron chi connectivity index (χ0n) is 17.6. The van der Waals surface area contributed by atoms with E-state index in [4.69, 9.17) is 9.47 Å². The largest absolute Gasteiger partial charge is 0.496 e. The van der Waals surface area contributed by atoms with E-state index >= 15 is 0 Å². The highest BCUT2D eigenvalue weighted by molar-refractivity contribution is 6.06. The first-order valence-electron chi connectivity index (χ1n) is 9.46. The number of nitro benzene ring substituents is 1. The number of non-ortho nitro benzene ring substituents is 1. The molecule has 0 radical (unpaired) electrons. The summed E-state index contributed by atoms with van der Waals surface area (Å²) in [6.45, 7) is 0. The van der Waals surface area contributed by atoms with Gasteiger partial charge < -0.3 is 19.5 Å². The summed E-state index contributed by atoms with van der Waals surface area (Å²) in [6.07, 6.45) is 0. The number of amides is 1. The molecule has 10 heteroatoms. The minimum absolute atomic E-state index is 0.126. The van der Waals surface area contributed by atoms with E-state index in [1.807, 2.05) is 0 Å². The van der Waals surface area contributed by atoms with Crippen molar-refractivity contribution in [1.29, 1.82) is 0 Å². The van der Waals surface area contributed by atoms with E-state index in [9.17, 15) is 24.5 Å². The van der Waals surface area contributed by atoms with Gasteiger partial charge in [0, 0.05) is 17.8 Å². The van der Waals surface area contributed by atoms with Gasteiger partial charge in [0.2, 0.25) is 0 Å². The van der Waals surface area contributed by atoms with Gasteiger partial charge in [-0.05, 0) is 42.5 Å². The quantitative estimate of drug-likeness (QED) is 0.248. The number of rotatable bonds is 7. The monoisotopic (exact) mass is 450 g/mol. The normalized spacial score (nSPS) is 10.1. The van der Waals surface area contributed by atoms with Crippen molar-refractivity contribution in [3.63, 3.8) is 0 Å². The first-order valence-corrected chi connectivity index (χ1v) is 9.46. The van der Waals surface area contributed by atoms with Crippen LogP contribution in [0.3, 0.4) is 0 Å². The highest BCUT2D eigenvalue weighted by Crippen LogP contribution is 2.23. The molecule has 10 nitrogen and oxygen atoms in total. The standard InChI is InChI=1S/C23H18N2O8/c1-31-20-6-4-3-5-19(20)21(26)24-16-7-9-18(10-8-16)33-23(28)15-11-14(22(27)32-2)12-17(13-15)25(29)30/h3-13H,1-2H3,(H,24,26). The van der Waals surface area contributed by atoms with Gasteiger partial charge in [-0.3, -0.25) is 14.9 Å². The Kier molecular flexibility index (Phi) is 6.99. The summed E-state index contributed by atoms with van der Waals surface area (Å²) in [7, 11) is 2.58. The van der Waals surface area contributed by atoms with Crippen LogP contribution in [-0.4, -0.2) is 37.0 Å². The predicted octanol–water partition coefficient (Wildman–Crippen LogP) is 3.86. The highest BCUT2D eigenvalue weighted by Gasteiger charge is 2.20. The number of carbonyl (C=O) groups excluding carboxylic acids is 3. The number of anilines is 1. The number of methoxy groups -OCH3 is 2. The second-order valence-corrected chi connectivity index (χ2v) is 6.59. The molecule has 0 bridgehead atoms. The summed E-state index contributed by atoms with van der Waals surface area (Å²) in [4.78, 5) is 47.1. The predicted molar refractivity (Wildman–Crippen MR) is 117 cm³/mol. The molecule has 1 amide bonds. The molecule has 3 aromatic carbocycles. The molecule has 0 heterocycles. The Labute approximate surface area is 187 Å². The molecule has 0 fully saturated rings. The second kappa shape index (κ2) is 10.1. The van der Waals surface area contributed by atoms with Gasteiger partial charge in [0.25, 0.3) is 11.6 Å². The average molecular weight is 450 g/mol. The van der Waals surface area contributed by atoms with Gasteiger partial charge in [0.1, 0.15) is 11.5 Å². The van der Waals surface area contributed by atoms with E-state index in [1.165, 1.54) is 31.4 Å². The van der Waals surface area contributed by atoms with Crippen molar-refractivity contribution in [2.75, 3.05) is 19.5 Å². The minimum atomic E-state index is -0.908. The lowest BCUT2D eigenvalue weighted by atomic mass is 10.1. The van der Waals surface area contributed by atoms with Gasteiger partial charge in [-0.1, -0.05) is 12.1 Å². The van der Waals surface area contributed by atoms with Crippen LogP contribution in [0.15, 0.2) is 66.7 Å². The molecule has 3 aromatic rings. The van der Waals surface area contributed by atoms with Crippen molar-refractivity contribution in [3.8, 4) is 11.5 Å². The van der Waals surface area contributed by atoms with Crippen molar-refractivity contribution in [1.82, 2.24) is 0 Å². The maximum atomic E-state index is 12.5. The lowest BCUT2D eigenvalue weighted by molar-refractivity contribution is -0.384. The van der Waals surface area contributed by atoms with Crippen molar-refractivity contribution in [3.05, 3.63) is 93.5 Å². The molecule has 33 heavy (non-hydrogen) atoms. The summed E-state index contributed by atoms with van der Waals surface area (Å²) in [5.74, 6) is -1.58. The van der Waals surface area contributed by atoms with Crippen LogP contribution in [0.5, 0.6) is 11.5 Å². The number of carbonyl (C=O) groups is 3. The third-order valence-corrected chi connectivity index (χ3v) is 4.46. The summed E-state index contributed by atoms with van der Waals surface area (Å²) in [5.41, 5.74) is -0.0259. The number of para-hydroxylation sites is 1. The fraction of sp³-hybridized carbons (Fsp3) is 0.0870. The highest BCUT2D eigenvalue weighted by atomic mass is 16.6. The van der Waals surface area contributed by atoms with Crippen LogP contribution in [0.2, 0.25) is 0 Å². The van der Waals surface area contributed by atoms with E-state index in [0.717, 1.165) is 25.3 Å². The first-order chi connectivity index (χ1) is 15.8. The molecule has 1 N–H and O–H groups in total. The summed E-state index contributed by atoms with van der Waals surface area (Å²) >= 11 is 0. The Morgan fingerprint density at radius 3 is 2.12 bits per heavy atom. The number of benzene rings is 3. The van der Waals surface area contributed by atoms with Crippen LogP contribution in [0.25, 0.3) is 0 Å². The van der Waals surface area contributed by atoms with Crippen molar-refractivity contribution in [2.45, 2.75) is 0 Å². The second-order valence-electron chi connectivity index (χ2n) is 6.59. The SMILES string of the molecule is COC(=O)c1cc(C(=O)Oc2ccc(NC(=O)c3ccccc3OC)cc2)cc([N+](=O)[O-])c1. The Morgan fingerprint density at radius 2 is 1.52 bits per heavy atom. The fourth-order valence-corrected chi connectivity index (χ4v) is 2.87. The molecule has 0 atom stereocenters. The topological polar surface area (TPSA) is 134 Å². The smallest absolute Gasteiger partial charge is 0.343 e. The first kappa shape index (κ1) is 22.9. The fourth-order valence-electron chi connectivity index (χ4n) is 2.87. The van der Waals surface area contributed by atoms with Crippen LogP contribution in [0.1, 0.15) is 31.1 Å².